The summed E-state index contributed by atoms with van der Waals surface area (Å²) < 4.78 is 1.72. The molecule has 0 saturated heterocycles. The third kappa shape index (κ3) is 2.69. The number of aromatic nitrogens is 5. The van der Waals surface area contributed by atoms with E-state index >= 15 is 0 Å². The minimum atomic E-state index is -0.144. The van der Waals surface area contributed by atoms with Crippen molar-refractivity contribution in [2.24, 2.45) is 5.92 Å². The number of imidazole rings is 1. The standard InChI is InChI=1S/C12H17N7O/c1-13-10-16-11(15-6-8-4-9(20)5-8)18-12(17-10)19-3-2-14-7-19/h2-3,7-9,20H,4-6H2,1H3,(H2,13,15,16,17,18). The summed E-state index contributed by atoms with van der Waals surface area (Å²) in [5, 5.41) is 15.4. The number of nitrogens with one attached hydrogen (secondary N) is 2. The normalized spacial score (nSPS) is 21.3. The Hall–Kier alpha value is -2.22. The van der Waals surface area contributed by atoms with Crippen molar-refractivity contribution in [1.29, 1.82) is 0 Å². The van der Waals surface area contributed by atoms with E-state index in [2.05, 4.69) is 30.6 Å². The minimum absolute atomic E-state index is 0.144. The summed E-state index contributed by atoms with van der Waals surface area (Å²) in [4.78, 5) is 16.9. The van der Waals surface area contributed by atoms with Crippen LogP contribution in [-0.2, 0) is 0 Å². The van der Waals surface area contributed by atoms with Gasteiger partial charge in [-0.25, -0.2) is 4.98 Å². The molecular weight excluding hydrogens is 258 g/mol. The number of nitrogens with zero attached hydrogens (tertiary/aromatic N) is 5. The van der Waals surface area contributed by atoms with Crippen LogP contribution < -0.4 is 10.6 Å². The summed E-state index contributed by atoms with van der Waals surface area (Å²) in [6, 6.07) is 0. The van der Waals surface area contributed by atoms with Crippen molar-refractivity contribution >= 4 is 11.9 Å². The fraction of sp³-hybridized carbons (Fsp3) is 0.500. The number of anilines is 2. The molecule has 0 radical (unpaired) electrons. The molecule has 0 unspecified atom stereocenters. The number of aliphatic hydroxyl groups is 1. The van der Waals surface area contributed by atoms with Crippen molar-refractivity contribution in [3.05, 3.63) is 18.7 Å². The van der Waals surface area contributed by atoms with Gasteiger partial charge in [0, 0.05) is 26.0 Å². The van der Waals surface area contributed by atoms with Crippen LogP contribution in [-0.4, -0.2) is 49.3 Å². The van der Waals surface area contributed by atoms with Crippen molar-refractivity contribution in [2.45, 2.75) is 18.9 Å². The maximum Gasteiger partial charge on any atom is 0.241 e. The molecule has 8 heteroatoms. The molecule has 1 saturated carbocycles. The second-order valence-electron chi connectivity index (χ2n) is 4.87. The van der Waals surface area contributed by atoms with Crippen LogP contribution in [0.4, 0.5) is 11.9 Å². The van der Waals surface area contributed by atoms with Crippen LogP contribution in [0.5, 0.6) is 0 Å². The van der Waals surface area contributed by atoms with Crippen LogP contribution in [0.2, 0.25) is 0 Å². The zero-order valence-corrected chi connectivity index (χ0v) is 11.2. The highest BCUT2D eigenvalue weighted by Crippen LogP contribution is 2.27. The first-order chi connectivity index (χ1) is 9.74. The first kappa shape index (κ1) is 12.8. The van der Waals surface area contributed by atoms with Gasteiger partial charge in [0.05, 0.1) is 6.10 Å². The zero-order chi connectivity index (χ0) is 13.9. The Labute approximate surface area is 116 Å². The lowest BCUT2D eigenvalue weighted by molar-refractivity contribution is 0.0486. The van der Waals surface area contributed by atoms with Gasteiger partial charge >= 0.3 is 0 Å². The maximum atomic E-state index is 9.28. The zero-order valence-electron chi connectivity index (χ0n) is 11.2. The average Bonchev–Trinajstić information content (AvgIpc) is 2.96. The van der Waals surface area contributed by atoms with Gasteiger partial charge in [-0.05, 0) is 18.8 Å². The second-order valence-corrected chi connectivity index (χ2v) is 4.87. The molecule has 2 heterocycles. The molecule has 0 atom stereocenters. The van der Waals surface area contributed by atoms with Gasteiger partial charge in [0.1, 0.15) is 6.33 Å². The fourth-order valence-corrected chi connectivity index (χ4v) is 2.15. The second kappa shape index (κ2) is 5.41. The number of aliphatic hydroxyl groups excluding tert-OH is 1. The molecule has 0 aliphatic heterocycles. The van der Waals surface area contributed by atoms with Gasteiger partial charge in [0.25, 0.3) is 0 Å². The molecule has 0 spiro atoms. The lowest BCUT2D eigenvalue weighted by atomic mass is 9.82. The molecular formula is C12H17N7O. The van der Waals surface area contributed by atoms with Crippen LogP contribution in [0.1, 0.15) is 12.8 Å². The van der Waals surface area contributed by atoms with Gasteiger partial charge in [-0.15, -0.1) is 0 Å². The Bertz CT molecular complexity index is 565. The highest BCUT2D eigenvalue weighted by atomic mass is 16.3. The average molecular weight is 275 g/mol. The van der Waals surface area contributed by atoms with Gasteiger partial charge in [0.2, 0.25) is 17.8 Å². The van der Waals surface area contributed by atoms with E-state index in [0.29, 0.717) is 23.8 Å². The van der Waals surface area contributed by atoms with Gasteiger partial charge < -0.3 is 15.7 Å². The molecule has 0 aromatic carbocycles. The molecule has 1 aliphatic carbocycles. The van der Waals surface area contributed by atoms with Crippen LogP contribution in [0.3, 0.4) is 0 Å². The van der Waals surface area contributed by atoms with Crippen molar-refractivity contribution in [1.82, 2.24) is 24.5 Å². The van der Waals surface area contributed by atoms with E-state index in [1.165, 1.54) is 0 Å². The highest BCUT2D eigenvalue weighted by molar-refractivity contribution is 5.37. The van der Waals surface area contributed by atoms with Gasteiger partial charge in [0.15, 0.2) is 0 Å². The lowest BCUT2D eigenvalue weighted by Crippen LogP contribution is -2.33. The van der Waals surface area contributed by atoms with E-state index in [4.69, 9.17) is 0 Å². The summed E-state index contributed by atoms with van der Waals surface area (Å²) in [7, 11) is 1.76. The summed E-state index contributed by atoms with van der Waals surface area (Å²) in [5.41, 5.74) is 0. The first-order valence-electron chi connectivity index (χ1n) is 6.58. The molecule has 8 nitrogen and oxygen atoms in total. The van der Waals surface area contributed by atoms with Crippen molar-refractivity contribution < 1.29 is 5.11 Å². The van der Waals surface area contributed by atoms with Crippen LogP contribution in [0.25, 0.3) is 5.95 Å². The van der Waals surface area contributed by atoms with E-state index in [1.807, 2.05) is 0 Å². The first-order valence-corrected chi connectivity index (χ1v) is 6.58. The van der Waals surface area contributed by atoms with Crippen LogP contribution in [0, 0.1) is 5.92 Å². The van der Waals surface area contributed by atoms with E-state index in [0.717, 1.165) is 19.4 Å². The van der Waals surface area contributed by atoms with E-state index < -0.39 is 0 Å². The third-order valence-corrected chi connectivity index (χ3v) is 3.34. The van der Waals surface area contributed by atoms with E-state index in [-0.39, 0.29) is 6.10 Å². The SMILES string of the molecule is CNc1nc(NCC2CC(O)C2)nc(-n2ccnc2)n1. The Morgan fingerprint density at radius 3 is 2.75 bits per heavy atom. The van der Waals surface area contributed by atoms with Gasteiger partial charge in [-0.3, -0.25) is 4.57 Å². The van der Waals surface area contributed by atoms with Crippen molar-refractivity contribution in [3.63, 3.8) is 0 Å². The molecule has 1 fully saturated rings. The van der Waals surface area contributed by atoms with Crippen molar-refractivity contribution in [3.8, 4) is 5.95 Å². The summed E-state index contributed by atoms with van der Waals surface area (Å²) in [6.45, 7) is 0.758. The minimum Gasteiger partial charge on any atom is -0.393 e. The number of hydrogen-bond acceptors (Lipinski definition) is 7. The lowest BCUT2D eigenvalue weighted by Gasteiger charge is -2.31. The largest absolute Gasteiger partial charge is 0.393 e. The molecule has 0 amide bonds. The van der Waals surface area contributed by atoms with Gasteiger partial charge in [-0.1, -0.05) is 0 Å². The molecule has 106 valence electrons. The quantitative estimate of drug-likeness (QED) is 0.720. The Morgan fingerprint density at radius 2 is 2.10 bits per heavy atom. The monoisotopic (exact) mass is 275 g/mol. The summed E-state index contributed by atoms with van der Waals surface area (Å²) >= 11 is 0. The summed E-state index contributed by atoms with van der Waals surface area (Å²) in [6.07, 6.45) is 6.62. The van der Waals surface area contributed by atoms with Crippen molar-refractivity contribution in [2.75, 3.05) is 24.2 Å². The highest BCUT2D eigenvalue weighted by Gasteiger charge is 2.26. The summed E-state index contributed by atoms with van der Waals surface area (Å²) in [5.74, 6) is 2.02. The van der Waals surface area contributed by atoms with Crippen LogP contribution in [0.15, 0.2) is 18.7 Å². The third-order valence-electron chi connectivity index (χ3n) is 3.34. The molecule has 2 aromatic rings. The Balaban J connectivity index is 1.74. The smallest absolute Gasteiger partial charge is 0.241 e. The molecule has 20 heavy (non-hydrogen) atoms. The molecule has 1 aliphatic rings. The van der Waals surface area contributed by atoms with E-state index in [9.17, 15) is 5.11 Å². The van der Waals surface area contributed by atoms with E-state index in [1.54, 1.807) is 30.3 Å². The fourth-order valence-electron chi connectivity index (χ4n) is 2.15. The maximum absolute atomic E-state index is 9.28. The molecule has 3 rings (SSSR count). The predicted molar refractivity (Wildman–Crippen MR) is 73.7 cm³/mol. The topological polar surface area (TPSA) is 101 Å². The Kier molecular flexibility index (Phi) is 3.46. The number of rotatable bonds is 5. The molecule has 2 aromatic heterocycles. The molecule has 3 N–H and O–H groups in total. The predicted octanol–water partition coefficient (Wildman–Crippen LogP) is 0.282. The number of hydrogen-bond donors (Lipinski definition) is 3. The molecule has 0 bridgehead atoms. The Morgan fingerprint density at radius 1 is 1.30 bits per heavy atom. The van der Waals surface area contributed by atoms with Crippen LogP contribution >= 0.6 is 0 Å². The van der Waals surface area contributed by atoms with Gasteiger partial charge in [-0.2, -0.15) is 15.0 Å².